The normalized spacial score (nSPS) is 13.9. The predicted octanol–water partition coefficient (Wildman–Crippen LogP) is 5.40. The summed E-state index contributed by atoms with van der Waals surface area (Å²) in [5.41, 5.74) is 5.42. The van der Waals surface area contributed by atoms with Gasteiger partial charge in [0.15, 0.2) is 0 Å². The second-order valence-electron chi connectivity index (χ2n) is 7.67. The first-order chi connectivity index (χ1) is 14.9. The maximum Gasteiger partial charge on any atom is 0.282 e. The summed E-state index contributed by atoms with van der Waals surface area (Å²) in [6.45, 7) is 5.97. The second-order valence-corrected chi connectivity index (χ2v) is 7.67. The van der Waals surface area contributed by atoms with E-state index in [1.54, 1.807) is 0 Å². The first-order valence-corrected chi connectivity index (χ1v) is 10.2. The Morgan fingerprint density at radius 2 is 1.55 bits per heavy atom. The van der Waals surface area contributed by atoms with E-state index in [1.807, 2.05) is 56.3 Å². The monoisotopic (exact) mass is 414 g/mol. The molecule has 4 rings (SSSR count). The lowest BCUT2D eigenvalue weighted by molar-refractivity contribution is -0.120. The third kappa shape index (κ3) is 3.87. The minimum absolute atomic E-state index is 0.213. The van der Waals surface area contributed by atoms with Crippen molar-refractivity contribution in [2.24, 2.45) is 0 Å². The number of halogens is 1. The smallest absolute Gasteiger partial charge is 0.282 e. The highest BCUT2D eigenvalue weighted by Crippen LogP contribution is 2.35. The van der Waals surface area contributed by atoms with Gasteiger partial charge in [-0.05, 0) is 73.4 Å². The molecule has 0 spiro atoms. The maximum atomic E-state index is 13.5. The summed E-state index contributed by atoms with van der Waals surface area (Å²) < 4.78 is 13.4. The summed E-state index contributed by atoms with van der Waals surface area (Å²) in [4.78, 5) is 27.9. The number of aryl methyl sites for hydroxylation is 3. The van der Waals surface area contributed by atoms with E-state index in [1.165, 1.54) is 29.8 Å². The fourth-order valence-corrected chi connectivity index (χ4v) is 3.78. The van der Waals surface area contributed by atoms with Crippen molar-refractivity contribution in [2.45, 2.75) is 27.2 Å². The number of imide groups is 1. The van der Waals surface area contributed by atoms with Crippen LogP contribution in [0.1, 0.15) is 29.2 Å². The predicted molar refractivity (Wildman–Crippen MR) is 121 cm³/mol. The Kier molecular flexibility index (Phi) is 5.42. The molecule has 3 aromatic rings. The number of amides is 2. The van der Waals surface area contributed by atoms with E-state index in [4.69, 9.17) is 0 Å². The van der Waals surface area contributed by atoms with Crippen molar-refractivity contribution in [3.63, 3.8) is 0 Å². The first kappa shape index (κ1) is 20.5. The molecule has 0 fully saturated rings. The molecule has 2 amide bonds. The molecule has 1 aliphatic rings. The van der Waals surface area contributed by atoms with E-state index in [-0.39, 0.29) is 5.70 Å². The Bertz CT molecular complexity index is 1200. The average Bonchev–Trinajstić information content (AvgIpc) is 2.99. The van der Waals surface area contributed by atoms with E-state index in [0.717, 1.165) is 28.1 Å². The molecule has 0 radical (unpaired) electrons. The summed E-state index contributed by atoms with van der Waals surface area (Å²) in [7, 11) is 0. The Labute approximate surface area is 181 Å². The van der Waals surface area contributed by atoms with Crippen molar-refractivity contribution in [1.29, 1.82) is 0 Å². The molecular formula is C26H23FN2O2. The number of nitrogens with zero attached hydrogens (tertiary/aromatic N) is 1. The number of carbonyl (C=O) groups excluding carboxylic acids is 2. The van der Waals surface area contributed by atoms with Gasteiger partial charge in [0.05, 0.1) is 11.3 Å². The number of nitrogens with one attached hydrogen (secondary N) is 1. The second kappa shape index (κ2) is 8.19. The molecule has 156 valence electrons. The van der Waals surface area contributed by atoms with Crippen molar-refractivity contribution in [1.82, 2.24) is 0 Å². The summed E-state index contributed by atoms with van der Waals surface area (Å²) in [5.74, 6) is -1.33. The molecule has 1 heterocycles. The highest BCUT2D eigenvalue weighted by molar-refractivity contribution is 6.46. The Hall–Kier alpha value is -3.73. The largest absolute Gasteiger partial charge is 0.350 e. The zero-order valence-corrected chi connectivity index (χ0v) is 17.7. The van der Waals surface area contributed by atoms with Gasteiger partial charge in [-0.15, -0.1) is 0 Å². The molecule has 0 aromatic heterocycles. The van der Waals surface area contributed by atoms with Crippen LogP contribution in [0.4, 0.5) is 15.8 Å². The lowest BCUT2D eigenvalue weighted by Gasteiger charge is -2.15. The minimum Gasteiger partial charge on any atom is -0.350 e. The SMILES string of the molecule is CCc1ccc(NC2=C(c3ccc(C)cc3C)C(=O)N(c3ccc(F)cc3)C2=O)cc1. The number of hydrogen-bond donors (Lipinski definition) is 1. The van der Waals surface area contributed by atoms with Gasteiger partial charge in [0.1, 0.15) is 11.5 Å². The number of rotatable bonds is 5. The van der Waals surface area contributed by atoms with Gasteiger partial charge in [-0.2, -0.15) is 0 Å². The molecule has 0 atom stereocenters. The van der Waals surface area contributed by atoms with Crippen LogP contribution in [-0.2, 0) is 16.0 Å². The number of anilines is 2. The third-order valence-corrected chi connectivity index (χ3v) is 5.45. The van der Waals surface area contributed by atoms with E-state index < -0.39 is 17.6 Å². The summed E-state index contributed by atoms with van der Waals surface area (Å²) in [6, 6.07) is 18.9. The van der Waals surface area contributed by atoms with Crippen LogP contribution in [0, 0.1) is 19.7 Å². The molecule has 0 unspecified atom stereocenters. The maximum absolute atomic E-state index is 13.5. The van der Waals surface area contributed by atoms with Crippen molar-refractivity contribution in [3.05, 3.63) is 100 Å². The van der Waals surface area contributed by atoms with Crippen molar-refractivity contribution in [3.8, 4) is 0 Å². The highest BCUT2D eigenvalue weighted by Gasteiger charge is 2.40. The van der Waals surface area contributed by atoms with Crippen LogP contribution in [0.25, 0.3) is 5.57 Å². The van der Waals surface area contributed by atoms with Crippen molar-refractivity contribution in [2.75, 3.05) is 10.2 Å². The quantitative estimate of drug-likeness (QED) is 0.569. The molecule has 0 aliphatic carbocycles. The molecule has 31 heavy (non-hydrogen) atoms. The van der Waals surface area contributed by atoms with Crippen LogP contribution in [0.15, 0.2) is 72.4 Å². The van der Waals surface area contributed by atoms with Crippen LogP contribution in [0.5, 0.6) is 0 Å². The topological polar surface area (TPSA) is 49.4 Å². The lowest BCUT2D eigenvalue weighted by Crippen LogP contribution is -2.32. The van der Waals surface area contributed by atoms with Crippen LogP contribution < -0.4 is 10.2 Å². The zero-order valence-electron chi connectivity index (χ0n) is 17.7. The van der Waals surface area contributed by atoms with Gasteiger partial charge in [-0.25, -0.2) is 9.29 Å². The summed E-state index contributed by atoms with van der Waals surface area (Å²) in [5, 5.41) is 3.17. The number of hydrogen-bond acceptors (Lipinski definition) is 3. The van der Waals surface area contributed by atoms with Crippen LogP contribution in [0.2, 0.25) is 0 Å². The average molecular weight is 414 g/mol. The molecule has 4 nitrogen and oxygen atoms in total. The molecule has 0 saturated heterocycles. The van der Waals surface area contributed by atoms with Gasteiger partial charge in [0.25, 0.3) is 11.8 Å². The molecule has 1 N–H and O–H groups in total. The van der Waals surface area contributed by atoms with Crippen LogP contribution in [-0.4, -0.2) is 11.8 Å². The van der Waals surface area contributed by atoms with E-state index in [2.05, 4.69) is 12.2 Å². The summed E-state index contributed by atoms with van der Waals surface area (Å²) in [6.07, 6.45) is 0.909. The van der Waals surface area contributed by atoms with E-state index >= 15 is 0 Å². The molecule has 3 aromatic carbocycles. The molecule has 5 heteroatoms. The van der Waals surface area contributed by atoms with E-state index in [9.17, 15) is 14.0 Å². The molecular weight excluding hydrogens is 391 g/mol. The van der Waals surface area contributed by atoms with Gasteiger partial charge in [0, 0.05) is 5.69 Å². The molecule has 0 saturated carbocycles. The third-order valence-electron chi connectivity index (χ3n) is 5.45. The van der Waals surface area contributed by atoms with Crippen LogP contribution in [0.3, 0.4) is 0 Å². The Balaban J connectivity index is 1.82. The van der Waals surface area contributed by atoms with Crippen LogP contribution >= 0.6 is 0 Å². The Morgan fingerprint density at radius 1 is 0.871 bits per heavy atom. The van der Waals surface area contributed by atoms with Gasteiger partial charge in [-0.3, -0.25) is 9.59 Å². The van der Waals surface area contributed by atoms with Gasteiger partial charge in [0.2, 0.25) is 0 Å². The number of carbonyl (C=O) groups is 2. The van der Waals surface area contributed by atoms with Crippen molar-refractivity contribution >= 4 is 28.8 Å². The van der Waals surface area contributed by atoms with Gasteiger partial charge in [-0.1, -0.05) is 42.8 Å². The summed E-state index contributed by atoms with van der Waals surface area (Å²) >= 11 is 0. The first-order valence-electron chi connectivity index (χ1n) is 10.2. The minimum atomic E-state index is -0.467. The Morgan fingerprint density at radius 3 is 2.16 bits per heavy atom. The fraction of sp³-hybridized carbons (Fsp3) is 0.154. The standard InChI is InChI=1S/C26H23FN2O2/c1-4-18-6-10-20(11-7-18)28-24-23(22-14-5-16(2)15-17(22)3)25(30)29(26(24)31)21-12-8-19(27)9-13-21/h5-15,28H,4H2,1-3H3. The molecule has 0 bridgehead atoms. The van der Waals surface area contributed by atoms with E-state index in [0.29, 0.717) is 16.8 Å². The lowest BCUT2D eigenvalue weighted by atomic mass is 9.97. The van der Waals surface area contributed by atoms with Crippen molar-refractivity contribution < 1.29 is 14.0 Å². The molecule has 1 aliphatic heterocycles. The highest BCUT2D eigenvalue weighted by atomic mass is 19.1. The number of benzene rings is 3. The van der Waals surface area contributed by atoms with Gasteiger partial charge < -0.3 is 5.32 Å². The van der Waals surface area contributed by atoms with Gasteiger partial charge >= 0.3 is 0 Å². The fourth-order valence-electron chi connectivity index (χ4n) is 3.78. The zero-order chi connectivity index (χ0) is 22.1.